The smallest absolute Gasteiger partial charge is 0.225 e. The number of nitrogens with one attached hydrogen (secondary N) is 1. The lowest BCUT2D eigenvalue weighted by Gasteiger charge is -2.26. The molecule has 2 aliphatic heterocycles. The molecule has 11 heteroatoms. The van der Waals surface area contributed by atoms with E-state index in [1.54, 1.807) is 12.4 Å². The second-order valence-corrected chi connectivity index (χ2v) is 8.07. The Hall–Kier alpha value is -3.34. The van der Waals surface area contributed by atoms with Crippen LogP contribution in [0.1, 0.15) is 25.0 Å². The molecule has 0 saturated carbocycles. The lowest BCUT2D eigenvalue weighted by Crippen LogP contribution is -2.28. The zero-order chi connectivity index (χ0) is 23.1. The van der Waals surface area contributed by atoms with Gasteiger partial charge < -0.3 is 19.9 Å². The summed E-state index contributed by atoms with van der Waals surface area (Å²) in [7, 11) is 0. The number of fused-ring (bicyclic) bond motifs is 2. The Morgan fingerprint density at radius 1 is 1.09 bits per heavy atom. The third kappa shape index (κ3) is 4.20. The molecular weight excluding hydrogens is 435 g/mol. The van der Waals surface area contributed by atoms with Crippen molar-refractivity contribution in [3.05, 3.63) is 59.3 Å². The summed E-state index contributed by atoms with van der Waals surface area (Å²) in [6, 6.07) is 1.94. The highest BCUT2D eigenvalue weighted by Gasteiger charge is 2.48. The number of hydrogen-bond donors (Lipinski definition) is 1. The van der Waals surface area contributed by atoms with E-state index in [-0.39, 0.29) is 24.4 Å². The van der Waals surface area contributed by atoms with Gasteiger partial charge in [0.2, 0.25) is 5.95 Å². The average Bonchev–Trinajstić information content (AvgIpc) is 3.44. The van der Waals surface area contributed by atoms with Gasteiger partial charge in [-0.2, -0.15) is 10.1 Å². The summed E-state index contributed by atoms with van der Waals surface area (Å²) in [4.78, 5) is 13.6. The van der Waals surface area contributed by atoms with Crippen LogP contribution in [0.5, 0.6) is 0 Å². The van der Waals surface area contributed by atoms with Crippen LogP contribution < -0.4 is 15.1 Å². The highest BCUT2D eigenvalue weighted by Crippen LogP contribution is 2.40. The van der Waals surface area contributed by atoms with Crippen LogP contribution in [-0.2, 0) is 17.8 Å². The molecule has 0 aliphatic carbocycles. The third-order valence-corrected chi connectivity index (χ3v) is 5.87. The Balaban J connectivity index is 1.28. The molecule has 0 amide bonds. The topological polar surface area (TPSA) is 74.6 Å². The Kier molecular flexibility index (Phi) is 5.57. The van der Waals surface area contributed by atoms with Crippen LogP contribution in [-0.4, -0.2) is 51.7 Å². The molecule has 2 unspecified atom stereocenters. The highest BCUT2D eigenvalue weighted by atomic mass is 19.2. The van der Waals surface area contributed by atoms with Crippen LogP contribution in [0, 0.1) is 17.5 Å². The van der Waals surface area contributed by atoms with Crippen molar-refractivity contribution in [2.75, 3.05) is 34.8 Å². The molecule has 174 valence electrons. The van der Waals surface area contributed by atoms with Gasteiger partial charge >= 0.3 is 0 Å². The Labute approximate surface area is 189 Å². The largest absolute Gasteiger partial charge is 0.352 e. The second kappa shape index (κ2) is 8.54. The summed E-state index contributed by atoms with van der Waals surface area (Å²) in [5.74, 6) is -2.53. The Bertz CT molecular complexity index is 1150. The molecule has 1 fully saturated rings. The number of anilines is 3. The maximum absolute atomic E-state index is 13.4. The third-order valence-electron chi connectivity index (χ3n) is 5.87. The molecule has 2 aliphatic rings. The summed E-state index contributed by atoms with van der Waals surface area (Å²) in [5.41, 5.74) is 2.08. The van der Waals surface area contributed by atoms with Gasteiger partial charge in [-0.05, 0) is 31.5 Å². The SMILES string of the molecule is CCN1CC2OC2N(CC)c2cnc(NCc3cnn(Cc4cc(F)c(F)c(F)c4)c3)nc21. The first kappa shape index (κ1) is 21.5. The van der Waals surface area contributed by atoms with Crippen LogP contribution in [0.15, 0.2) is 30.7 Å². The van der Waals surface area contributed by atoms with E-state index in [2.05, 4.69) is 39.0 Å². The van der Waals surface area contributed by atoms with Gasteiger partial charge in [-0.3, -0.25) is 4.68 Å². The lowest BCUT2D eigenvalue weighted by atomic mass is 10.2. The predicted octanol–water partition coefficient (Wildman–Crippen LogP) is 3.14. The normalized spacial score (nSPS) is 19.2. The van der Waals surface area contributed by atoms with Crippen molar-refractivity contribution in [3.8, 4) is 0 Å². The maximum atomic E-state index is 13.4. The van der Waals surface area contributed by atoms with Crippen molar-refractivity contribution in [2.24, 2.45) is 0 Å². The molecule has 2 aromatic heterocycles. The van der Waals surface area contributed by atoms with E-state index in [1.807, 2.05) is 6.20 Å². The number of likely N-dealkylation sites (N-methyl/N-ethyl adjacent to an activating group) is 2. The molecule has 1 N–H and O–H groups in total. The van der Waals surface area contributed by atoms with E-state index in [0.717, 1.165) is 48.8 Å². The lowest BCUT2D eigenvalue weighted by molar-refractivity contribution is 0.361. The fraction of sp³-hybridized carbons (Fsp3) is 0.409. The molecule has 33 heavy (non-hydrogen) atoms. The number of halogens is 3. The first-order chi connectivity index (χ1) is 16.0. The summed E-state index contributed by atoms with van der Waals surface area (Å²) in [5, 5.41) is 7.43. The summed E-state index contributed by atoms with van der Waals surface area (Å²) in [6.45, 7) is 7.12. The number of rotatable bonds is 7. The van der Waals surface area contributed by atoms with Crippen LogP contribution in [0.25, 0.3) is 0 Å². The van der Waals surface area contributed by atoms with Crippen molar-refractivity contribution in [2.45, 2.75) is 39.3 Å². The Morgan fingerprint density at radius 2 is 1.88 bits per heavy atom. The predicted molar refractivity (Wildman–Crippen MR) is 117 cm³/mol. The van der Waals surface area contributed by atoms with Crippen molar-refractivity contribution in [1.29, 1.82) is 0 Å². The van der Waals surface area contributed by atoms with E-state index in [1.165, 1.54) is 4.68 Å². The van der Waals surface area contributed by atoms with Crippen molar-refractivity contribution in [3.63, 3.8) is 0 Å². The number of benzene rings is 1. The van der Waals surface area contributed by atoms with E-state index < -0.39 is 17.5 Å². The van der Waals surface area contributed by atoms with Crippen LogP contribution in [0.4, 0.5) is 30.6 Å². The van der Waals surface area contributed by atoms with E-state index in [4.69, 9.17) is 9.72 Å². The number of nitrogens with zero attached hydrogens (tertiary/aromatic N) is 6. The minimum absolute atomic E-state index is 0.0848. The van der Waals surface area contributed by atoms with Crippen molar-refractivity contribution < 1.29 is 17.9 Å². The van der Waals surface area contributed by atoms with E-state index >= 15 is 0 Å². The second-order valence-electron chi connectivity index (χ2n) is 8.07. The molecule has 3 aromatic rings. The zero-order valence-corrected chi connectivity index (χ0v) is 18.3. The first-order valence-electron chi connectivity index (χ1n) is 10.9. The first-order valence-corrected chi connectivity index (χ1v) is 10.9. The fourth-order valence-corrected chi connectivity index (χ4v) is 4.15. The van der Waals surface area contributed by atoms with Gasteiger partial charge in [-0.15, -0.1) is 0 Å². The van der Waals surface area contributed by atoms with Gasteiger partial charge in [0, 0.05) is 31.4 Å². The molecule has 0 radical (unpaired) electrons. The monoisotopic (exact) mass is 459 g/mol. The maximum Gasteiger partial charge on any atom is 0.225 e. The molecule has 8 nitrogen and oxygen atoms in total. The van der Waals surface area contributed by atoms with Crippen LogP contribution in [0.3, 0.4) is 0 Å². The van der Waals surface area contributed by atoms with Gasteiger partial charge in [0.05, 0.1) is 25.5 Å². The molecule has 1 aromatic carbocycles. The molecule has 5 rings (SSSR count). The Morgan fingerprint density at radius 3 is 2.61 bits per heavy atom. The quantitative estimate of drug-likeness (QED) is 0.430. The van der Waals surface area contributed by atoms with Gasteiger partial charge in [0.15, 0.2) is 29.5 Å². The highest BCUT2D eigenvalue weighted by molar-refractivity contribution is 5.70. The number of epoxide rings is 1. The molecule has 4 heterocycles. The minimum Gasteiger partial charge on any atom is -0.352 e. The van der Waals surface area contributed by atoms with Gasteiger partial charge in [0.25, 0.3) is 0 Å². The molecule has 0 bridgehead atoms. The van der Waals surface area contributed by atoms with Gasteiger partial charge in [-0.25, -0.2) is 18.2 Å². The number of hydrogen-bond acceptors (Lipinski definition) is 7. The number of ether oxygens (including phenoxy) is 1. The summed E-state index contributed by atoms with van der Waals surface area (Å²) in [6.07, 6.45) is 5.49. The fourth-order valence-electron chi connectivity index (χ4n) is 4.15. The summed E-state index contributed by atoms with van der Waals surface area (Å²) < 4.78 is 47.4. The molecule has 2 atom stereocenters. The zero-order valence-electron chi connectivity index (χ0n) is 18.3. The molecular formula is C22H24F3N7O. The van der Waals surface area contributed by atoms with Gasteiger partial charge in [0.1, 0.15) is 11.8 Å². The number of aromatic nitrogens is 4. The van der Waals surface area contributed by atoms with E-state index in [9.17, 15) is 13.2 Å². The molecule has 0 spiro atoms. The van der Waals surface area contributed by atoms with Crippen LogP contribution >= 0.6 is 0 Å². The minimum atomic E-state index is -1.47. The van der Waals surface area contributed by atoms with E-state index in [0.29, 0.717) is 12.5 Å². The van der Waals surface area contributed by atoms with Crippen molar-refractivity contribution >= 4 is 17.5 Å². The summed E-state index contributed by atoms with van der Waals surface area (Å²) >= 11 is 0. The average molecular weight is 459 g/mol. The van der Waals surface area contributed by atoms with Crippen molar-refractivity contribution in [1.82, 2.24) is 19.7 Å². The van der Waals surface area contributed by atoms with Gasteiger partial charge in [-0.1, -0.05) is 0 Å². The standard InChI is InChI=1S/C22H24F3N7O/c1-3-30-12-18-21(33-18)32(4-2)17-9-27-22(29-20(17)30)26-7-14-8-28-31(11-14)10-13-5-15(23)19(25)16(24)6-13/h5-6,8-9,11,18,21H,3-4,7,10,12H2,1-2H3,(H,26,27,29). The molecule has 1 saturated heterocycles. The van der Waals surface area contributed by atoms with Crippen LogP contribution in [0.2, 0.25) is 0 Å².